The minimum Gasteiger partial charge on any atom is -0.474 e. The zero-order valence-corrected chi connectivity index (χ0v) is 15.1. The molecule has 1 amide bonds. The summed E-state index contributed by atoms with van der Waals surface area (Å²) in [6.45, 7) is 1.02. The lowest BCUT2D eigenvalue weighted by Gasteiger charge is -2.17. The zero-order valence-electron chi connectivity index (χ0n) is 14.4. The van der Waals surface area contributed by atoms with Crippen LogP contribution >= 0.6 is 11.6 Å². The number of benzene rings is 1. The highest BCUT2D eigenvalue weighted by Gasteiger charge is 2.33. The summed E-state index contributed by atoms with van der Waals surface area (Å²) in [4.78, 5) is 18.3. The largest absolute Gasteiger partial charge is 0.474 e. The molecule has 1 saturated heterocycles. The standard InChI is InChI=1S/C19H17ClF2N2O3/c20-14-3-4-15(21)13(17(14)22)9-24-8-11-5-6-23-18(16(11)19(24)25)27-10-12-2-1-7-26-12/h3-6,12H,1-2,7-10H2. The number of amides is 1. The Kier molecular flexibility index (Phi) is 4.97. The Morgan fingerprint density at radius 2 is 2.19 bits per heavy atom. The van der Waals surface area contributed by atoms with Gasteiger partial charge in [0.25, 0.3) is 5.91 Å². The maximum absolute atomic E-state index is 14.2. The Bertz CT molecular complexity index is 887. The Morgan fingerprint density at radius 1 is 1.33 bits per heavy atom. The van der Waals surface area contributed by atoms with Gasteiger partial charge in [0.1, 0.15) is 23.8 Å². The van der Waals surface area contributed by atoms with Crippen molar-refractivity contribution < 1.29 is 23.0 Å². The molecule has 1 aromatic carbocycles. The number of carbonyl (C=O) groups is 1. The number of carbonyl (C=O) groups excluding carboxylic acids is 1. The van der Waals surface area contributed by atoms with Crippen molar-refractivity contribution in [3.63, 3.8) is 0 Å². The number of hydrogen-bond acceptors (Lipinski definition) is 4. The third-order valence-electron chi connectivity index (χ3n) is 4.78. The van der Waals surface area contributed by atoms with Crippen LogP contribution in [0, 0.1) is 11.6 Å². The molecule has 3 heterocycles. The maximum Gasteiger partial charge on any atom is 0.260 e. The van der Waals surface area contributed by atoms with Crippen molar-refractivity contribution in [3.8, 4) is 5.88 Å². The fourth-order valence-corrected chi connectivity index (χ4v) is 3.54. The molecule has 2 aromatic rings. The number of rotatable bonds is 5. The number of aromatic nitrogens is 1. The number of nitrogens with zero attached hydrogens (tertiary/aromatic N) is 2. The van der Waals surface area contributed by atoms with E-state index in [1.54, 1.807) is 12.3 Å². The molecule has 0 N–H and O–H groups in total. The number of pyridine rings is 1. The monoisotopic (exact) mass is 394 g/mol. The first-order valence-corrected chi connectivity index (χ1v) is 9.06. The summed E-state index contributed by atoms with van der Waals surface area (Å²) in [5.74, 6) is -1.75. The quantitative estimate of drug-likeness (QED) is 0.725. The Morgan fingerprint density at radius 3 is 2.96 bits per heavy atom. The van der Waals surface area contributed by atoms with E-state index in [4.69, 9.17) is 21.1 Å². The van der Waals surface area contributed by atoms with Crippen LogP contribution in [0.2, 0.25) is 5.02 Å². The van der Waals surface area contributed by atoms with Gasteiger partial charge in [0.15, 0.2) is 0 Å². The van der Waals surface area contributed by atoms with E-state index in [-0.39, 0.29) is 41.6 Å². The van der Waals surface area contributed by atoms with Gasteiger partial charge in [0.05, 0.1) is 17.7 Å². The average Bonchev–Trinajstić information content (AvgIpc) is 3.29. The zero-order chi connectivity index (χ0) is 19.0. The van der Waals surface area contributed by atoms with Gasteiger partial charge in [0.2, 0.25) is 5.88 Å². The Labute approximate surface area is 159 Å². The van der Waals surface area contributed by atoms with E-state index >= 15 is 0 Å². The van der Waals surface area contributed by atoms with Gasteiger partial charge in [-0.25, -0.2) is 13.8 Å². The average molecular weight is 395 g/mol. The fourth-order valence-electron chi connectivity index (χ4n) is 3.37. The second kappa shape index (κ2) is 7.40. The topological polar surface area (TPSA) is 51.7 Å². The third-order valence-corrected chi connectivity index (χ3v) is 5.07. The van der Waals surface area contributed by atoms with Gasteiger partial charge in [-0.2, -0.15) is 0 Å². The van der Waals surface area contributed by atoms with Gasteiger partial charge < -0.3 is 14.4 Å². The predicted octanol–water partition coefficient (Wildman–Crippen LogP) is 3.73. The summed E-state index contributed by atoms with van der Waals surface area (Å²) in [6.07, 6.45) is 3.44. The maximum atomic E-state index is 14.2. The molecule has 27 heavy (non-hydrogen) atoms. The van der Waals surface area contributed by atoms with E-state index in [2.05, 4.69) is 4.98 Å². The molecule has 1 unspecified atom stereocenters. The van der Waals surface area contributed by atoms with Gasteiger partial charge in [-0.3, -0.25) is 4.79 Å². The Hall–Kier alpha value is -2.25. The molecule has 0 aliphatic carbocycles. The SMILES string of the molecule is O=C1c2c(ccnc2OCC2CCCO2)CN1Cc1c(F)ccc(Cl)c1F. The van der Waals surface area contributed by atoms with Crippen LogP contribution in [0.5, 0.6) is 5.88 Å². The number of halogens is 3. The second-order valence-corrected chi connectivity index (χ2v) is 6.99. The van der Waals surface area contributed by atoms with Gasteiger partial charge >= 0.3 is 0 Å². The van der Waals surface area contributed by atoms with E-state index in [0.717, 1.165) is 25.0 Å². The summed E-state index contributed by atoms with van der Waals surface area (Å²) >= 11 is 5.74. The molecule has 0 radical (unpaired) electrons. The first-order valence-electron chi connectivity index (χ1n) is 8.68. The lowest BCUT2D eigenvalue weighted by atomic mass is 10.2. The summed E-state index contributed by atoms with van der Waals surface area (Å²) < 4.78 is 39.4. The molecule has 142 valence electrons. The molecule has 0 bridgehead atoms. The van der Waals surface area contributed by atoms with E-state index in [0.29, 0.717) is 24.3 Å². The lowest BCUT2D eigenvalue weighted by molar-refractivity contribution is 0.0643. The number of fused-ring (bicyclic) bond motifs is 1. The molecule has 0 spiro atoms. The molecule has 1 atom stereocenters. The van der Waals surface area contributed by atoms with Crippen molar-refractivity contribution in [2.24, 2.45) is 0 Å². The molecular formula is C19H17ClF2N2O3. The summed E-state index contributed by atoms with van der Waals surface area (Å²) in [5.41, 5.74) is 0.803. The van der Waals surface area contributed by atoms with Gasteiger partial charge in [-0.05, 0) is 36.6 Å². The second-order valence-electron chi connectivity index (χ2n) is 6.58. The fraction of sp³-hybridized carbons (Fsp3) is 0.368. The third kappa shape index (κ3) is 3.49. The molecule has 5 nitrogen and oxygen atoms in total. The number of ether oxygens (including phenoxy) is 2. The smallest absolute Gasteiger partial charge is 0.260 e. The Balaban J connectivity index is 1.54. The summed E-state index contributed by atoms with van der Waals surface area (Å²) in [7, 11) is 0. The lowest BCUT2D eigenvalue weighted by Crippen LogP contribution is -2.25. The van der Waals surface area contributed by atoms with Crippen molar-refractivity contribution in [2.75, 3.05) is 13.2 Å². The highest BCUT2D eigenvalue weighted by atomic mass is 35.5. The highest BCUT2D eigenvalue weighted by Crippen LogP contribution is 2.32. The molecule has 1 fully saturated rings. The van der Waals surface area contributed by atoms with Crippen LogP contribution in [0.1, 0.15) is 34.3 Å². The molecule has 8 heteroatoms. The van der Waals surface area contributed by atoms with Crippen molar-refractivity contribution in [1.29, 1.82) is 0 Å². The minimum atomic E-state index is -0.853. The summed E-state index contributed by atoms with van der Waals surface area (Å²) in [6, 6.07) is 3.94. The minimum absolute atomic E-state index is 0.00934. The summed E-state index contributed by atoms with van der Waals surface area (Å²) in [5, 5.41) is -0.183. The van der Waals surface area contributed by atoms with Crippen LogP contribution in [-0.2, 0) is 17.8 Å². The van der Waals surface area contributed by atoms with Crippen molar-refractivity contribution in [1.82, 2.24) is 9.88 Å². The van der Waals surface area contributed by atoms with E-state index in [1.807, 2.05) is 0 Å². The molecule has 2 aliphatic rings. The van der Waals surface area contributed by atoms with Crippen molar-refractivity contribution in [3.05, 3.63) is 57.7 Å². The molecule has 4 rings (SSSR count). The van der Waals surface area contributed by atoms with Gasteiger partial charge in [-0.1, -0.05) is 11.6 Å². The molecule has 0 saturated carbocycles. The predicted molar refractivity (Wildman–Crippen MR) is 93.7 cm³/mol. The van der Waals surface area contributed by atoms with Crippen LogP contribution in [0.4, 0.5) is 8.78 Å². The first kappa shape index (κ1) is 18.1. The van der Waals surface area contributed by atoms with Gasteiger partial charge in [0, 0.05) is 24.9 Å². The molecule has 2 aliphatic heterocycles. The van der Waals surface area contributed by atoms with Crippen molar-refractivity contribution in [2.45, 2.75) is 32.0 Å². The van der Waals surface area contributed by atoms with E-state index in [9.17, 15) is 13.6 Å². The van der Waals surface area contributed by atoms with Crippen LogP contribution in [0.3, 0.4) is 0 Å². The van der Waals surface area contributed by atoms with Crippen LogP contribution < -0.4 is 4.74 Å². The van der Waals surface area contributed by atoms with Crippen molar-refractivity contribution >= 4 is 17.5 Å². The number of hydrogen-bond donors (Lipinski definition) is 0. The molecular weight excluding hydrogens is 378 g/mol. The van der Waals surface area contributed by atoms with E-state index in [1.165, 1.54) is 4.90 Å². The normalized spacial score (nSPS) is 18.9. The first-order chi connectivity index (χ1) is 13.0. The van der Waals surface area contributed by atoms with Gasteiger partial charge in [-0.15, -0.1) is 0 Å². The highest BCUT2D eigenvalue weighted by molar-refractivity contribution is 6.30. The van der Waals surface area contributed by atoms with Crippen LogP contribution in [0.15, 0.2) is 24.4 Å². The van der Waals surface area contributed by atoms with Crippen LogP contribution in [0.25, 0.3) is 0 Å². The molecule has 1 aromatic heterocycles. The van der Waals surface area contributed by atoms with E-state index < -0.39 is 11.6 Å². The van der Waals surface area contributed by atoms with Crippen LogP contribution in [-0.4, -0.2) is 35.1 Å².